The molecular formula is C14H15ClN4O3S. The maximum Gasteiger partial charge on any atom is 0.167 e. The minimum Gasteiger partial charge on any atom is -0.354 e. The Morgan fingerprint density at radius 2 is 2.09 bits per heavy atom. The molecule has 2 aromatic rings. The Kier molecular flexibility index (Phi) is 3.98. The van der Waals surface area contributed by atoms with Crippen LogP contribution in [-0.2, 0) is 0 Å². The van der Waals surface area contributed by atoms with E-state index in [0.717, 1.165) is 0 Å². The number of carbonyl (C=O) groups excluding carboxylic acids is 1. The van der Waals surface area contributed by atoms with Crippen molar-refractivity contribution in [3.63, 3.8) is 0 Å². The second kappa shape index (κ2) is 5.69. The molecule has 3 rings (SSSR count). The van der Waals surface area contributed by atoms with Crippen LogP contribution in [0.15, 0.2) is 12.4 Å². The van der Waals surface area contributed by atoms with Crippen molar-refractivity contribution in [1.29, 1.82) is 5.26 Å². The first-order valence-corrected chi connectivity index (χ1v) is 9.19. The number of rotatable bonds is 2. The number of nitrogens with zero attached hydrogens (tertiary/aromatic N) is 4. The van der Waals surface area contributed by atoms with Gasteiger partial charge in [-0.1, -0.05) is 11.6 Å². The fourth-order valence-corrected chi connectivity index (χ4v) is 4.25. The molecule has 0 unspecified atom stereocenters. The SMILES string of the molecule is CC(=O)c1cc(Cl)c2c(C#N)ncn2c1N1CCS(O)(O)CC1. The highest BCUT2D eigenvalue weighted by Crippen LogP contribution is 2.42. The van der Waals surface area contributed by atoms with Gasteiger partial charge in [0.2, 0.25) is 0 Å². The van der Waals surface area contributed by atoms with Crippen molar-refractivity contribution in [1.82, 2.24) is 9.38 Å². The van der Waals surface area contributed by atoms with Crippen LogP contribution in [0, 0.1) is 11.3 Å². The molecule has 1 aliphatic heterocycles. The summed E-state index contributed by atoms with van der Waals surface area (Å²) in [7, 11) is -2.55. The average Bonchev–Trinajstić information content (AvgIpc) is 2.92. The molecule has 9 heteroatoms. The van der Waals surface area contributed by atoms with Crippen LogP contribution in [0.4, 0.5) is 5.82 Å². The Labute approximate surface area is 139 Å². The van der Waals surface area contributed by atoms with Gasteiger partial charge in [0, 0.05) is 13.1 Å². The van der Waals surface area contributed by atoms with E-state index in [4.69, 9.17) is 16.9 Å². The molecule has 0 aromatic carbocycles. The van der Waals surface area contributed by atoms with Crippen molar-refractivity contribution in [2.24, 2.45) is 0 Å². The number of ketones is 1. The highest BCUT2D eigenvalue weighted by Gasteiger charge is 2.27. The van der Waals surface area contributed by atoms with E-state index < -0.39 is 10.6 Å². The molecule has 2 N–H and O–H groups in total. The van der Waals surface area contributed by atoms with Crippen LogP contribution in [0.25, 0.3) is 5.52 Å². The van der Waals surface area contributed by atoms with Crippen molar-refractivity contribution in [3.05, 3.63) is 28.7 Å². The van der Waals surface area contributed by atoms with Gasteiger partial charge in [-0.15, -0.1) is 0 Å². The van der Waals surface area contributed by atoms with Crippen LogP contribution in [0.2, 0.25) is 5.02 Å². The summed E-state index contributed by atoms with van der Waals surface area (Å²) in [6.45, 7) is 2.25. The molecule has 0 saturated carbocycles. The van der Waals surface area contributed by atoms with Crippen molar-refractivity contribution in [2.75, 3.05) is 29.5 Å². The van der Waals surface area contributed by atoms with Gasteiger partial charge in [-0.05, 0) is 13.0 Å². The van der Waals surface area contributed by atoms with E-state index in [2.05, 4.69) is 4.98 Å². The molecule has 0 amide bonds. The van der Waals surface area contributed by atoms with Crippen LogP contribution in [-0.4, -0.2) is 48.9 Å². The van der Waals surface area contributed by atoms with Crippen LogP contribution < -0.4 is 4.90 Å². The number of carbonyl (C=O) groups is 1. The second-order valence-electron chi connectivity index (χ2n) is 5.41. The van der Waals surface area contributed by atoms with Gasteiger partial charge in [0.15, 0.2) is 11.5 Å². The maximum atomic E-state index is 12.0. The molecule has 23 heavy (non-hydrogen) atoms. The third-order valence-corrected chi connectivity index (χ3v) is 5.86. The molecule has 3 heterocycles. The first kappa shape index (κ1) is 16.1. The summed E-state index contributed by atoms with van der Waals surface area (Å²) >= 11 is 6.23. The Morgan fingerprint density at radius 3 is 2.65 bits per heavy atom. The maximum absolute atomic E-state index is 12.0. The highest BCUT2D eigenvalue weighted by atomic mass is 35.5. The normalized spacial score (nSPS) is 18.7. The predicted molar refractivity (Wildman–Crippen MR) is 89.7 cm³/mol. The Morgan fingerprint density at radius 1 is 1.43 bits per heavy atom. The lowest BCUT2D eigenvalue weighted by Gasteiger charge is -2.42. The molecule has 0 spiro atoms. The topological polar surface area (TPSA) is 102 Å². The Hall–Kier alpha value is -1.79. The highest BCUT2D eigenvalue weighted by molar-refractivity contribution is 8.24. The zero-order chi connectivity index (χ0) is 16.8. The lowest BCUT2D eigenvalue weighted by Crippen LogP contribution is -2.40. The quantitative estimate of drug-likeness (QED) is 0.804. The summed E-state index contributed by atoms with van der Waals surface area (Å²) in [6.07, 6.45) is 1.47. The van der Waals surface area contributed by atoms with Crippen LogP contribution >= 0.6 is 22.2 Å². The number of halogens is 1. The zero-order valence-electron chi connectivity index (χ0n) is 12.4. The van der Waals surface area contributed by atoms with Crippen LogP contribution in [0.1, 0.15) is 23.0 Å². The van der Waals surface area contributed by atoms with Gasteiger partial charge in [0.25, 0.3) is 0 Å². The number of imidazole rings is 1. The molecular weight excluding hydrogens is 340 g/mol. The monoisotopic (exact) mass is 354 g/mol. The van der Waals surface area contributed by atoms with Gasteiger partial charge in [-0.25, -0.2) is 4.98 Å². The number of fused-ring (bicyclic) bond motifs is 1. The van der Waals surface area contributed by atoms with Crippen molar-refractivity contribution >= 4 is 39.3 Å². The lowest BCUT2D eigenvalue weighted by molar-refractivity contribution is 0.101. The zero-order valence-corrected chi connectivity index (χ0v) is 13.9. The fraction of sp³-hybridized carbons (Fsp3) is 0.357. The summed E-state index contributed by atoms with van der Waals surface area (Å²) in [4.78, 5) is 18.0. The lowest BCUT2D eigenvalue weighted by atomic mass is 10.1. The minimum atomic E-state index is -2.55. The van der Waals surface area contributed by atoms with E-state index in [1.165, 1.54) is 13.3 Å². The van der Waals surface area contributed by atoms with Gasteiger partial charge in [0.1, 0.15) is 23.7 Å². The van der Waals surface area contributed by atoms with E-state index in [9.17, 15) is 13.9 Å². The number of aromatic nitrogens is 2. The first-order chi connectivity index (χ1) is 10.8. The summed E-state index contributed by atoms with van der Waals surface area (Å²) < 4.78 is 21.2. The van der Waals surface area contributed by atoms with Crippen molar-refractivity contribution in [2.45, 2.75) is 6.92 Å². The molecule has 1 saturated heterocycles. The van der Waals surface area contributed by atoms with E-state index in [0.29, 0.717) is 30.0 Å². The van der Waals surface area contributed by atoms with E-state index in [-0.39, 0.29) is 28.0 Å². The molecule has 0 radical (unpaired) electrons. The number of nitriles is 1. The number of pyridine rings is 1. The Bertz CT molecular complexity index is 833. The summed E-state index contributed by atoms with van der Waals surface area (Å²) in [5.41, 5.74) is 1.06. The van der Waals surface area contributed by atoms with Gasteiger partial charge in [-0.2, -0.15) is 15.9 Å². The first-order valence-electron chi connectivity index (χ1n) is 6.93. The molecule has 1 aliphatic rings. The summed E-state index contributed by atoms with van der Waals surface area (Å²) in [5, 5.41) is 9.46. The van der Waals surface area contributed by atoms with Crippen LogP contribution in [0.3, 0.4) is 0 Å². The number of hydrogen-bond donors (Lipinski definition) is 2. The smallest absolute Gasteiger partial charge is 0.167 e. The van der Waals surface area contributed by atoms with E-state index in [1.807, 2.05) is 11.0 Å². The molecule has 0 bridgehead atoms. The van der Waals surface area contributed by atoms with Crippen LogP contribution in [0.5, 0.6) is 0 Å². The van der Waals surface area contributed by atoms with Crippen molar-refractivity contribution in [3.8, 4) is 6.07 Å². The largest absolute Gasteiger partial charge is 0.354 e. The third-order valence-electron chi connectivity index (χ3n) is 3.89. The molecule has 2 aromatic heterocycles. The molecule has 7 nitrogen and oxygen atoms in total. The van der Waals surface area contributed by atoms with Crippen molar-refractivity contribution < 1.29 is 13.9 Å². The molecule has 1 fully saturated rings. The average molecular weight is 355 g/mol. The second-order valence-corrected chi connectivity index (χ2v) is 8.23. The summed E-state index contributed by atoms with van der Waals surface area (Å²) in [5.74, 6) is 0.914. The molecule has 0 atom stereocenters. The van der Waals surface area contributed by atoms with Gasteiger partial charge < -0.3 is 4.90 Å². The fourth-order valence-electron chi connectivity index (χ4n) is 2.73. The predicted octanol–water partition coefficient (Wildman–Crippen LogP) is 2.63. The van der Waals surface area contributed by atoms with Gasteiger partial charge >= 0.3 is 0 Å². The summed E-state index contributed by atoms with van der Waals surface area (Å²) in [6, 6.07) is 3.53. The number of anilines is 1. The Balaban J connectivity index is 2.20. The number of hydrogen-bond acceptors (Lipinski definition) is 6. The van der Waals surface area contributed by atoms with E-state index in [1.54, 1.807) is 10.5 Å². The van der Waals surface area contributed by atoms with Gasteiger partial charge in [0.05, 0.1) is 22.1 Å². The molecule has 0 aliphatic carbocycles. The van der Waals surface area contributed by atoms with E-state index >= 15 is 0 Å². The standard InChI is InChI=1S/C14H15ClN4O3S/c1-9(20)10-6-11(15)13-12(7-16)17-8-19(13)14(10)18-2-4-23(21,22)5-3-18/h6,8,21-22H,2-5H2,1H3. The minimum absolute atomic E-state index is 0.159. The molecule has 122 valence electrons. The number of Topliss-reactive ketones (excluding diaryl/α,β-unsaturated/α-hetero) is 1. The third kappa shape index (κ3) is 2.77. The van der Waals surface area contributed by atoms with Gasteiger partial charge in [-0.3, -0.25) is 18.3 Å².